The minimum absolute atomic E-state index is 0.0990. The van der Waals surface area contributed by atoms with Gasteiger partial charge in [0.05, 0.1) is 30.2 Å². The second-order valence-electron chi connectivity index (χ2n) is 8.45. The van der Waals surface area contributed by atoms with E-state index < -0.39 is 0 Å². The molecule has 5 rings (SSSR count). The molecule has 0 spiro atoms. The Bertz CT molecular complexity index is 1110. The highest BCUT2D eigenvalue weighted by Crippen LogP contribution is 2.36. The van der Waals surface area contributed by atoms with Crippen molar-refractivity contribution < 1.29 is 14.3 Å². The summed E-state index contributed by atoms with van der Waals surface area (Å²) in [5.74, 6) is 1.37. The van der Waals surface area contributed by atoms with Crippen LogP contribution in [0.1, 0.15) is 54.8 Å². The summed E-state index contributed by atoms with van der Waals surface area (Å²) in [5, 5.41) is 0.938. The SMILES string of the molecule is CC(=O)c1nccc(C2CCC(Oc3cc(N4CCOCC4)cc4ncncc34)CC2)n1. The standard InChI is InChI=1S/C24H27N5O3/c1-16(30)24-26-7-6-21(28-24)17-2-4-19(5-3-17)32-23-13-18(29-8-10-31-11-9-29)12-22-20(23)14-25-15-27-22/h6-7,12-15,17,19H,2-5,8-11H2,1H3. The fourth-order valence-corrected chi connectivity index (χ4v) is 4.57. The zero-order valence-corrected chi connectivity index (χ0v) is 18.2. The lowest BCUT2D eigenvalue weighted by Crippen LogP contribution is -2.36. The number of anilines is 1. The molecule has 1 saturated heterocycles. The van der Waals surface area contributed by atoms with Crippen LogP contribution in [0.3, 0.4) is 0 Å². The Balaban J connectivity index is 1.32. The molecule has 1 aliphatic heterocycles. The van der Waals surface area contributed by atoms with E-state index in [4.69, 9.17) is 9.47 Å². The molecule has 1 aliphatic carbocycles. The van der Waals surface area contributed by atoms with Gasteiger partial charge in [-0.15, -0.1) is 0 Å². The van der Waals surface area contributed by atoms with Crippen molar-refractivity contribution in [2.45, 2.75) is 44.6 Å². The summed E-state index contributed by atoms with van der Waals surface area (Å²) >= 11 is 0. The Labute approximate surface area is 187 Å². The van der Waals surface area contributed by atoms with Crippen LogP contribution in [0.5, 0.6) is 5.75 Å². The van der Waals surface area contributed by atoms with Crippen molar-refractivity contribution in [2.24, 2.45) is 0 Å². The molecule has 0 atom stereocenters. The van der Waals surface area contributed by atoms with Gasteiger partial charge >= 0.3 is 0 Å². The Kier molecular flexibility index (Phi) is 5.94. The Hall–Kier alpha value is -3.13. The monoisotopic (exact) mass is 433 g/mol. The first-order chi connectivity index (χ1) is 15.7. The van der Waals surface area contributed by atoms with E-state index in [1.807, 2.05) is 12.3 Å². The lowest BCUT2D eigenvalue weighted by atomic mass is 9.85. The predicted octanol–water partition coefficient (Wildman–Crippen LogP) is 3.56. The van der Waals surface area contributed by atoms with Gasteiger partial charge in [-0.25, -0.2) is 19.9 Å². The largest absolute Gasteiger partial charge is 0.490 e. The van der Waals surface area contributed by atoms with Crippen LogP contribution in [-0.2, 0) is 4.74 Å². The van der Waals surface area contributed by atoms with Crippen LogP contribution in [0.15, 0.2) is 36.9 Å². The number of nitrogens with zero attached hydrogens (tertiary/aromatic N) is 5. The molecule has 8 nitrogen and oxygen atoms in total. The molecular formula is C24H27N5O3. The molecule has 0 radical (unpaired) electrons. The molecule has 2 aromatic heterocycles. The quantitative estimate of drug-likeness (QED) is 0.564. The van der Waals surface area contributed by atoms with Gasteiger partial charge in [0.15, 0.2) is 11.6 Å². The van der Waals surface area contributed by atoms with Crippen LogP contribution in [-0.4, -0.2) is 58.1 Å². The fourth-order valence-electron chi connectivity index (χ4n) is 4.57. The van der Waals surface area contributed by atoms with Crippen molar-refractivity contribution in [3.8, 4) is 5.75 Å². The Morgan fingerprint density at radius 1 is 1.12 bits per heavy atom. The maximum atomic E-state index is 11.6. The Morgan fingerprint density at radius 3 is 2.72 bits per heavy atom. The molecule has 2 aliphatic rings. The molecule has 2 fully saturated rings. The fraction of sp³-hybridized carbons (Fsp3) is 0.458. The molecule has 8 heteroatoms. The number of rotatable bonds is 5. The number of aromatic nitrogens is 4. The van der Waals surface area contributed by atoms with E-state index in [0.717, 1.165) is 80.0 Å². The van der Waals surface area contributed by atoms with E-state index >= 15 is 0 Å². The van der Waals surface area contributed by atoms with E-state index in [2.05, 4.69) is 37.0 Å². The van der Waals surface area contributed by atoms with Crippen molar-refractivity contribution in [1.82, 2.24) is 19.9 Å². The first-order valence-electron chi connectivity index (χ1n) is 11.2. The summed E-state index contributed by atoms with van der Waals surface area (Å²) in [5.41, 5.74) is 2.96. The molecule has 1 aromatic carbocycles. The minimum atomic E-state index is -0.0990. The minimum Gasteiger partial charge on any atom is -0.490 e. The third kappa shape index (κ3) is 4.41. The number of fused-ring (bicyclic) bond motifs is 1. The molecular weight excluding hydrogens is 406 g/mol. The highest BCUT2D eigenvalue weighted by Gasteiger charge is 2.26. The summed E-state index contributed by atoms with van der Waals surface area (Å²) in [6, 6.07) is 6.15. The smallest absolute Gasteiger partial charge is 0.196 e. The lowest BCUT2D eigenvalue weighted by molar-refractivity contribution is 0.100. The number of morpholine rings is 1. The first-order valence-corrected chi connectivity index (χ1v) is 11.2. The first kappa shape index (κ1) is 20.8. The van der Waals surface area contributed by atoms with Crippen molar-refractivity contribution in [2.75, 3.05) is 31.2 Å². The highest BCUT2D eigenvalue weighted by molar-refractivity contribution is 5.90. The number of Topliss-reactive ketones (excluding diaryl/α,β-unsaturated/α-hetero) is 1. The average molecular weight is 434 g/mol. The van der Waals surface area contributed by atoms with Gasteiger partial charge in [-0.3, -0.25) is 4.79 Å². The van der Waals surface area contributed by atoms with Gasteiger partial charge in [-0.05, 0) is 37.8 Å². The summed E-state index contributed by atoms with van der Waals surface area (Å²) in [6.45, 7) is 4.69. The third-order valence-corrected chi connectivity index (χ3v) is 6.33. The summed E-state index contributed by atoms with van der Waals surface area (Å²) in [7, 11) is 0. The number of ketones is 1. The predicted molar refractivity (Wildman–Crippen MR) is 120 cm³/mol. The van der Waals surface area contributed by atoms with Crippen molar-refractivity contribution in [3.63, 3.8) is 0 Å². The van der Waals surface area contributed by atoms with Crippen LogP contribution < -0.4 is 9.64 Å². The summed E-state index contributed by atoms with van der Waals surface area (Å²) in [4.78, 5) is 31.2. The van der Waals surface area contributed by atoms with E-state index in [0.29, 0.717) is 11.7 Å². The van der Waals surface area contributed by atoms with Crippen molar-refractivity contribution >= 4 is 22.4 Å². The zero-order valence-electron chi connectivity index (χ0n) is 18.2. The third-order valence-electron chi connectivity index (χ3n) is 6.33. The van der Waals surface area contributed by atoms with Crippen LogP contribution in [0, 0.1) is 0 Å². The number of hydrogen-bond acceptors (Lipinski definition) is 8. The van der Waals surface area contributed by atoms with Crippen molar-refractivity contribution in [1.29, 1.82) is 0 Å². The number of carbonyl (C=O) groups is 1. The molecule has 3 heterocycles. The molecule has 32 heavy (non-hydrogen) atoms. The zero-order chi connectivity index (χ0) is 21.9. The summed E-state index contributed by atoms with van der Waals surface area (Å²) < 4.78 is 12.0. The van der Waals surface area contributed by atoms with Crippen LogP contribution in [0.25, 0.3) is 10.9 Å². The molecule has 166 valence electrons. The molecule has 1 saturated carbocycles. The van der Waals surface area contributed by atoms with Gasteiger partial charge in [0.2, 0.25) is 0 Å². The number of hydrogen-bond donors (Lipinski definition) is 0. The van der Waals surface area contributed by atoms with Crippen LogP contribution in [0.4, 0.5) is 5.69 Å². The molecule has 3 aromatic rings. The normalized spacial score (nSPS) is 21.5. The van der Waals surface area contributed by atoms with Gasteiger partial charge in [-0.1, -0.05) is 0 Å². The van der Waals surface area contributed by atoms with Gasteiger partial charge in [-0.2, -0.15) is 0 Å². The molecule has 0 amide bonds. The molecule has 0 N–H and O–H groups in total. The highest BCUT2D eigenvalue weighted by atomic mass is 16.5. The molecule has 0 bridgehead atoms. The Morgan fingerprint density at radius 2 is 1.94 bits per heavy atom. The van der Waals surface area contributed by atoms with Gasteiger partial charge in [0.1, 0.15) is 12.1 Å². The van der Waals surface area contributed by atoms with Crippen LogP contribution in [0.2, 0.25) is 0 Å². The lowest BCUT2D eigenvalue weighted by Gasteiger charge is -2.31. The van der Waals surface area contributed by atoms with E-state index in [9.17, 15) is 4.79 Å². The maximum absolute atomic E-state index is 11.6. The van der Waals surface area contributed by atoms with Gasteiger partial charge < -0.3 is 14.4 Å². The van der Waals surface area contributed by atoms with Gasteiger partial charge in [0.25, 0.3) is 0 Å². The van der Waals surface area contributed by atoms with E-state index in [1.165, 1.54) is 6.92 Å². The van der Waals surface area contributed by atoms with Crippen LogP contribution >= 0.6 is 0 Å². The van der Waals surface area contributed by atoms with E-state index in [-0.39, 0.29) is 11.9 Å². The topological polar surface area (TPSA) is 90.3 Å². The van der Waals surface area contributed by atoms with Gasteiger partial charge in [0, 0.05) is 55.8 Å². The number of ether oxygens (including phenoxy) is 2. The second-order valence-corrected chi connectivity index (χ2v) is 8.45. The summed E-state index contributed by atoms with van der Waals surface area (Å²) in [6.07, 6.45) is 9.03. The number of benzene rings is 1. The van der Waals surface area contributed by atoms with E-state index in [1.54, 1.807) is 12.5 Å². The second kappa shape index (κ2) is 9.16. The number of carbonyl (C=O) groups excluding carboxylic acids is 1. The molecule has 0 unspecified atom stereocenters. The average Bonchev–Trinajstić information content (AvgIpc) is 2.85. The maximum Gasteiger partial charge on any atom is 0.196 e. The van der Waals surface area contributed by atoms with Crippen molar-refractivity contribution in [3.05, 3.63) is 48.4 Å².